The standard InChI is InChI=1S/C68H44N6/c69-41-45-23-13-15-33-57(45)71(47-25-9-3-10-26-47)49-35-37-51-54-30-18-32-56-64-62(44-21-7-2-8-22-44)68-63(61(43-19-5-1-6-20-43)67(64)73(66(54)56)59(51)39-49)55-31-17-29-53-52-38-36-50(40-60(52)74(68)65(53)55)72(48-27-11-4-12-28-48)58-34-16-14-24-46(58)42-70/h1,3-7,9-22,24-40,45H,2,8,23H2. The number of allylic oxidation sites excluding steroid dienone is 8. The number of aromatic nitrogens is 2. The molecule has 0 aliphatic heterocycles. The van der Waals surface area contributed by atoms with Gasteiger partial charge >= 0.3 is 0 Å². The van der Waals surface area contributed by atoms with E-state index in [9.17, 15) is 10.5 Å². The van der Waals surface area contributed by atoms with E-state index >= 15 is 0 Å². The van der Waals surface area contributed by atoms with Crippen LogP contribution in [0.3, 0.4) is 0 Å². The van der Waals surface area contributed by atoms with Gasteiger partial charge in [-0.1, -0.05) is 158 Å². The Kier molecular flexibility index (Phi) is 9.24. The predicted octanol–water partition coefficient (Wildman–Crippen LogP) is 17.9. The Balaban J connectivity index is 1.12. The number of nitriles is 2. The monoisotopic (exact) mass is 944 g/mol. The Bertz CT molecular complexity index is 4650. The van der Waals surface area contributed by atoms with Gasteiger partial charge in [0.1, 0.15) is 6.07 Å². The predicted molar refractivity (Wildman–Crippen MR) is 306 cm³/mol. The summed E-state index contributed by atoms with van der Waals surface area (Å²) in [4.78, 5) is 4.51. The molecule has 13 aromatic rings. The van der Waals surface area contributed by atoms with Crippen molar-refractivity contribution < 1.29 is 0 Å². The molecule has 0 bridgehead atoms. The second-order valence-electron chi connectivity index (χ2n) is 19.6. The lowest BCUT2D eigenvalue weighted by atomic mass is 9.88. The maximum atomic E-state index is 10.6. The molecule has 15 rings (SSSR count). The summed E-state index contributed by atoms with van der Waals surface area (Å²) < 4.78 is 5.15. The van der Waals surface area contributed by atoms with Crippen LogP contribution in [0.5, 0.6) is 0 Å². The molecule has 6 heteroatoms. The minimum atomic E-state index is -0.293. The number of benzene rings is 9. The highest BCUT2D eigenvalue weighted by molar-refractivity contribution is 6.36. The van der Waals surface area contributed by atoms with Gasteiger partial charge in [0.15, 0.2) is 0 Å². The van der Waals surface area contributed by atoms with E-state index in [1.54, 1.807) is 0 Å². The molecule has 0 saturated carbocycles. The fourth-order valence-corrected chi connectivity index (χ4v) is 12.7. The minimum Gasteiger partial charge on any atom is -0.313 e. The van der Waals surface area contributed by atoms with Gasteiger partial charge in [-0.2, -0.15) is 10.5 Å². The highest BCUT2D eigenvalue weighted by Gasteiger charge is 2.32. The zero-order chi connectivity index (χ0) is 49.0. The van der Waals surface area contributed by atoms with Crippen molar-refractivity contribution in [2.24, 2.45) is 5.92 Å². The Hall–Kier alpha value is -9.88. The second-order valence-corrected chi connectivity index (χ2v) is 19.6. The third kappa shape index (κ3) is 5.91. The van der Waals surface area contributed by atoms with E-state index in [0.29, 0.717) is 12.0 Å². The van der Waals surface area contributed by atoms with Gasteiger partial charge in [-0.15, -0.1) is 0 Å². The van der Waals surface area contributed by atoms with Gasteiger partial charge in [0.05, 0.1) is 56.3 Å². The third-order valence-electron chi connectivity index (χ3n) is 15.7. The second kappa shape index (κ2) is 16.3. The molecule has 4 aromatic heterocycles. The number of hydrogen-bond acceptors (Lipinski definition) is 4. The van der Waals surface area contributed by atoms with Crippen molar-refractivity contribution in [3.05, 3.63) is 241 Å². The molecule has 0 amide bonds. The largest absolute Gasteiger partial charge is 0.313 e. The molecule has 0 spiro atoms. The van der Waals surface area contributed by atoms with Crippen molar-refractivity contribution in [1.29, 1.82) is 10.5 Å². The summed E-state index contributed by atoms with van der Waals surface area (Å²) in [5.41, 5.74) is 18.1. The lowest BCUT2D eigenvalue weighted by Gasteiger charge is -2.31. The normalized spacial score (nSPS) is 14.8. The van der Waals surface area contributed by atoms with Crippen molar-refractivity contribution in [3.8, 4) is 23.3 Å². The summed E-state index contributed by atoms with van der Waals surface area (Å²) in [6.45, 7) is 0. The van der Waals surface area contributed by atoms with Crippen LogP contribution < -0.4 is 9.80 Å². The molecular weight excluding hydrogens is 901 g/mol. The zero-order valence-corrected chi connectivity index (χ0v) is 40.2. The smallest absolute Gasteiger partial charge is 0.101 e. The Labute approximate surface area is 427 Å². The number of hydrogen-bond donors (Lipinski definition) is 0. The number of rotatable bonds is 8. The van der Waals surface area contributed by atoms with Crippen molar-refractivity contribution in [2.75, 3.05) is 9.80 Å². The summed E-state index contributed by atoms with van der Waals surface area (Å²) in [5.74, 6) is -0.293. The molecule has 0 saturated heterocycles. The summed E-state index contributed by atoms with van der Waals surface area (Å²) in [6.07, 6.45) is 16.0. The van der Waals surface area contributed by atoms with Crippen LogP contribution in [-0.4, -0.2) is 8.80 Å². The molecule has 0 N–H and O–H groups in total. The molecule has 6 nitrogen and oxygen atoms in total. The molecule has 4 heterocycles. The number of anilines is 5. The average molecular weight is 945 g/mol. The molecular formula is C68H44N6. The fourth-order valence-electron chi connectivity index (χ4n) is 12.7. The van der Waals surface area contributed by atoms with Crippen LogP contribution >= 0.6 is 0 Å². The van der Waals surface area contributed by atoms with Crippen LogP contribution in [0.2, 0.25) is 0 Å². The first-order chi connectivity index (χ1) is 36.7. The molecule has 0 fully saturated rings. The summed E-state index contributed by atoms with van der Waals surface area (Å²) in [7, 11) is 0. The fraction of sp³-hybridized carbons (Fsp3) is 0.0588. The lowest BCUT2D eigenvalue weighted by molar-refractivity contribution is 0.756. The van der Waals surface area contributed by atoms with E-state index in [0.717, 1.165) is 63.6 Å². The van der Waals surface area contributed by atoms with Gasteiger partial charge in [0, 0.05) is 82.7 Å². The van der Waals surface area contributed by atoms with E-state index in [1.807, 2.05) is 36.4 Å². The first-order valence-electron chi connectivity index (χ1n) is 25.5. The highest BCUT2D eigenvalue weighted by Crippen LogP contribution is 2.54. The summed E-state index contributed by atoms with van der Waals surface area (Å²) in [6, 6.07) is 72.3. The molecule has 0 radical (unpaired) electrons. The van der Waals surface area contributed by atoms with Crippen molar-refractivity contribution >= 4 is 110 Å². The van der Waals surface area contributed by atoms with E-state index in [2.05, 4.69) is 219 Å². The Morgan fingerprint density at radius 1 is 0.473 bits per heavy atom. The van der Waals surface area contributed by atoms with Gasteiger partial charge in [-0.3, -0.25) is 0 Å². The minimum absolute atomic E-state index is 0.293. The highest BCUT2D eigenvalue weighted by atomic mass is 15.2. The van der Waals surface area contributed by atoms with E-state index < -0.39 is 0 Å². The van der Waals surface area contributed by atoms with E-state index in [1.165, 1.54) is 81.9 Å². The van der Waals surface area contributed by atoms with E-state index in [-0.39, 0.29) is 5.92 Å². The molecule has 2 aliphatic carbocycles. The molecule has 9 aromatic carbocycles. The SMILES string of the molecule is N#Cc1ccccc1N(c1ccccc1)c1ccc2c3cccc4c5c(-c6ccccc6)c6c(c(C7=CCCC=C7)c5n(c2c1)c34)c1cccc2c3ccc(N(C4=CC=CCC4C#N)c4ccccc4)cc3n6c21. The number of nitrogens with zero attached hydrogens (tertiary/aromatic N) is 6. The Morgan fingerprint density at radius 2 is 1.04 bits per heavy atom. The van der Waals surface area contributed by atoms with Crippen LogP contribution in [0.1, 0.15) is 30.4 Å². The average Bonchev–Trinajstić information content (AvgIpc) is 4.24. The first kappa shape index (κ1) is 41.9. The number of fused-ring (bicyclic) bond motifs is 12. The van der Waals surface area contributed by atoms with Crippen LogP contribution in [0.15, 0.2) is 230 Å². The van der Waals surface area contributed by atoms with E-state index in [4.69, 9.17) is 0 Å². The molecule has 1 atom stereocenters. The van der Waals surface area contributed by atoms with Gasteiger partial charge in [-0.25, -0.2) is 0 Å². The topological polar surface area (TPSA) is 62.9 Å². The van der Waals surface area contributed by atoms with Crippen LogP contribution in [0.4, 0.5) is 28.4 Å². The first-order valence-corrected chi connectivity index (χ1v) is 25.5. The molecule has 1 unspecified atom stereocenters. The van der Waals surface area contributed by atoms with Gasteiger partial charge < -0.3 is 18.6 Å². The molecule has 2 aliphatic rings. The third-order valence-corrected chi connectivity index (χ3v) is 15.7. The van der Waals surface area contributed by atoms with Gasteiger partial charge in [0.2, 0.25) is 0 Å². The number of para-hydroxylation sites is 5. The van der Waals surface area contributed by atoms with Crippen molar-refractivity contribution in [1.82, 2.24) is 8.80 Å². The van der Waals surface area contributed by atoms with Crippen LogP contribution in [0.25, 0.3) is 92.9 Å². The van der Waals surface area contributed by atoms with Gasteiger partial charge in [0.25, 0.3) is 0 Å². The van der Waals surface area contributed by atoms with Gasteiger partial charge in [-0.05, 0) is 97.1 Å². The molecule has 346 valence electrons. The van der Waals surface area contributed by atoms with Crippen LogP contribution in [0, 0.1) is 28.6 Å². The van der Waals surface area contributed by atoms with Crippen molar-refractivity contribution in [2.45, 2.75) is 19.3 Å². The zero-order valence-electron chi connectivity index (χ0n) is 40.2. The van der Waals surface area contributed by atoms with Crippen molar-refractivity contribution in [3.63, 3.8) is 0 Å². The summed E-state index contributed by atoms with van der Waals surface area (Å²) >= 11 is 0. The maximum Gasteiger partial charge on any atom is 0.101 e. The summed E-state index contributed by atoms with van der Waals surface area (Å²) in [5, 5.41) is 30.7. The Morgan fingerprint density at radius 3 is 1.66 bits per heavy atom. The quantitative estimate of drug-likeness (QED) is 0.152. The molecule has 74 heavy (non-hydrogen) atoms. The maximum absolute atomic E-state index is 10.6. The lowest BCUT2D eigenvalue weighted by Crippen LogP contribution is -2.23. The van der Waals surface area contributed by atoms with Crippen LogP contribution in [-0.2, 0) is 0 Å².